The van der Waals surface area contributed by atoms with E-state index in [0.717, 1.165) is 11.3 Å². The van der Waals surface area contributed by atoms with E-state index in [1.807, 2.05) is 13.2 Å². The van der Waals surface area contributed by atoms with E-state index in [4.69, 9.17) is 29.0 Å². The normalized spacial score (nSPS) is 12.7. The van der Waals surface area contributed by atoms with Gasteiger partial charge in [-0.05, 0) is 12.1 Å². The molecule has 0 bridgehead atoms. The molecule has 3 N–H and O–H groups in total. The van der Waals surface area contributed by atoms with E-state index in [0.29, 0.717) is 16.5 Å². The van der Waals surface area contributed by atoms with Gasteiger partial charge >= 0.3 is 0 Å². The number of hydrogen-bond acceptors (Lipinski definition) is 4. The Hall–Kier alpha value is -1.14. The van der Waals surface area contributed by atoms with Crippen molar-refractivity contribution in [1.82, 2.24) is 20.4 Å². The molecular formula is C11H13Cl2N5. The van der Waals surface area contributed by atoms with Gasteiger partial charge in [-0.25, -0.2) is 0 Å². The fraction of sp³-hybridized carbons (Fsp3) is 0.273. The number of nitrogens with zero attached hydrogens (tertiary/aromatic N) is 3. The second-order valence-electron chi connectivity index (χ2n) is 3.94. The monoisotopic (exact) mass is 285 g/mol. The molecule has 2 rings (SSSR count). The van der Waals surface area contributed by atoms with Crippen LogP contribution in [-0.4, -0.2) is 15.0 Å². The van der Waals surface area contributed by atoms with Crippen LogP contribution in [0.1, 0.15) is 17.3 Å². The van der Waals surface area contributed by atoms with Crippen LogP contribution in [0.4, 0.5) is 0 Å². The fourth-order valence-corrected chi connectivity index (χ4v) is 2.45. The molecule has 5 nitrogen and oxygen atoms in total. The number of hydrogen-bond donors (Lipinski definition) is 2. The molecule has 0 saturated heterocycles. The third-order valence-corrected chi connectivity index (χ3v) is 3.27. The first kappa shape index (κ1) is 13.3. The molecule has 1 atom stereocenters. The Balaban J connectivity index is 2.28. The summed E-state index contributed by atoms with van der Waals surface area (Å²) >= 11 is 12.3. The number of nitrogens with two attached hydrogens (primary N) is 1. The van der Waals surface area contributed by atoms with Crippen LogP contribution in [0.3, 0.4) is 0 Å². The zero-order chi connectivity index (χ0) is 13.1. The maximum absolute atomic E-state index is 6.15. The van der Waals surface area contributed by atoms with E-state index in [2.05, 4.69) is 15.7 Å². The van der Waals surface area contributed by atoms with Crippen LogP contribution in [0.15, 0.2) is 24.4 Å². The van der Waals surface area contributed by atoms with E-state index < -0.39 is 0 Å². The van der Waals surface area contributed by atoms with Gasteiger partial charge in [-0.1, -0.05) is 34.5 Å². The third kappa shape index (κ3) is 2.81. The van der Waals surface area contributed by atoms with E-state index in [1.54, 1.807) is 22.9 Å². The van der Waals surface area contributed by atoms with Crippen LogP contribution in [0.2, 0.25) is 10.0 Å². The molecule has 2 aromatic rings. The topological polar surface area (TPSA) is 68.8 Å². The number of nitrogens with one attached hydrogen (secondary N) is 1. The summed E-state index contributed by atoms with van der Waals surface area (Å²) in [5, 5.41) is 9.05. The molecule has 1 heterocycles. The van der Waals surface area contributed by atoms with Gasteiger partial charge in [0.15, 0.2) is 0 Å². The van der Waals surface area contributed by atoms with Crippen LogP contribution in [-0.2, 0) is 13.5 Å². The minimum atomic E-state index is -0.206. The molecule has 0 amide bonds. The summed E-state index contributed by atoms with van der Waals surface area (Å²) in [7, 11) is 1.81. The van der Waals surface area contributed by atoms with Crippen molar-refractivity contribution in [3.8, 4) is 0 Å². The van der Waals surface area contributed by atoms with E-state index in [-0.39, 0.29) is 6.04 Å². The predicted molar refractivity (Wildman–Crippen MR) is 71.2 cm³/mol. The molecule has 0 saturated carbocycles. The molecule has 96 valence electrons. The summed E-state index contributed by atoms with van der Waals surface area (Å²) < 4.78 is 1.64. The maximum atomic E-state index is 6.15. The smallest absolute Gasteiger partial charge is 0.0846 e. The van der Waals surface area contributed by atoms with Crippen LogP contribution in [0.25, 0.3) is 0 Å². The summed E-state index contributed by atoms with van der Waals surface area (Å²) in [6.07, 6.45) is 2.39. The summed E-state index contributed by atoms with van der Waals surface area (Å²) in [4.78, 5) is 0. The van der Waals surface area contributed by atoms with Crippen molar-refractivity contribution in [2.75, 3.05) is 0 Å². The summed E-state index contributed by atoms with van der Waals surface area (Å²) in [6, 6.07) is 5.15. The van der Waals surface area contributed by atoms with E-state index in [1.165, 1.54) is 0 Å². The molecule has 0 aliphatic heterocycles. The quantitative estimate of drug-likeness (QED) is 0.665. The maximum Gasteiger partial charge on any atom is 0.0846 e. The van der Waals surface area contributed by atoms with Crippen LogP contribution >= 0.6 is 23.2 Å². The average molecular weight is 286 g/mol. The first-order valence-corrected chi connectivity index (χ1v) is 6.12. The SMILES string of the molecule is Cn1cc(CC(NN)c2c(Cl)cccc2Cl)nn1. The highest BCUT2D eigenvalue weighted by Crippen LogP contribution is 2.31. The highest BCUT2D eigenvalue weighted by atomic mass is 35.5. The highest BCUT2D eigenvalue weighted by molar-refractivity contribution is 6.36. The van der Waals surface area contributed by atoms with Gasteiger partial charge in [0.25, 0.3) is 0 Å². The fourth-order valence-electron chi connectivity index (χ4n) is 1.79. The highest BCUT2D eigenvalue weighted by Gasteiger charge is 2.18. The lowest BCUT2D eigenvalue weighted by Crippen LogP contribution is -2.30. The van der Waals surface area contributed by atoms with Crippen LogP contribution in [0, 0.1) is 0 Å². The molecule has 0 aliphatic rings. The molecule has 18 heavy (non-hydrogen) atoms. The minimum Gasteiger partial charge on any atom is -0.271 e. The van der Waals surface area contributed by atoms with Crippen LogP contribution < -0.4 is 11.3 Å². The first-order valence-electron chi connectivity index (χ1n) is 5.37. The van der Waals surface area contributed by atoms with Crippen LogP contribution in [0.5, 0.6) is 0 Å². The van der Waals surface area contributed by atoms with Gasteiger partial charge < -0.3 is 0 Å². The molecule has 0 aliphatic carbocycles. The molecule has 7 heteroatoms. The summed E-state index contributed by atoms with van der Waals surface area (Å²) in [6.45, 7) is 0. The predicted octanol–water partition coefficient (Wildman–Crippen LogP) is 1.87. The van der Waals surface area contributed by atoms with Crippen molar-refractivity contribution in [3.63, 3.8) is 0 Å². The Labute approximate surface area is 115 Å². The number of benzene rings is 1. The zero-order valence-corrected chi connectivity index (χ0v) is 11.3. The molecule has 0 spiro atoms. The Morgan fingerprint density at radius 2 is 2.06 bits per heavy atom. The molecular weight excluding hydrogens is 273 g/mol. The Bertz CT molecular complexity index is 520. The minimum absolute atomic E-state index is 0.206. The van der Waals surface area contributed by atoms with Crippen molar-refractivity contribution < 1.29 is 0 Å². The lowest BCUT2D eigenvalue weighted by atomic mass is 10.0. The summed E-state index contributed by atoms with van der Waals surface area (Å²) in [5.41, 5.74) is 4.30. The van der Waals surface area contributed by atoms with Crippen molar-refractivity contribution in [2.24, 2.45) is 12.9 Å². The van der Waals surface area contributed by atoms with Gasteiger partial charge in [-0.2, -0.15) is 0 Å². The van der Waals surface area contributed by atoms with Crippen molar-refractivity contribution in [2.45, 2.75) is 12.5 Å². The average Bonchev–Trinajstić information content (AvgIpc) is 2.73. The third-order valence-electron chi connectivity index (χ3n) is 2.61. The number of rotatable bonds is 4. The molecule has 1 unspecified atom stereocenters. The lowest BCUT2D eigenvalue weighted by Gasteiger charge is -2.17. The Kier molecular flexibility index (Phi) is 4.19. The van der Waals surface area contributed by atoms with Crippen molar-refractivity contribution in [1.29, 1.82) is 0 Å². The first-order chi connectivity index (χ1) is 8.61. The van der Waals surface area contributed by atoms with Gasteiger partial charge in [-0.15, -0.1) is 5.10 Å². The van der Waals surface area contributed by atoms with Gasteiger partial charge in [0.2, 0.25) is 0 Å². The Morgan fingerprint density at radius 1 is 1.39 bits per heavy atom. The second-order valence-corrected chi connectivity index (χ2v) is 4.76. The molecule has 1 aromatic heterocycles. The van der Waals surface area contributed by atoms with Gasteiger partial charge in [0.05, 0.1) is 11.7 Å². The number of halogens is 2. The molecule has 0 fully saturated rings. The van der Waals surface area contributed by atoms with Crippen molar-refractivity contribution in [3.05, 3.63) is 45.7 Å². The van der Waals surface area contributed by atoms with E-state index in [9.17, 15) is 0 Å². The number of aryl methyl sites for hydroxylation is 1. The number of aromatic nitrogens is 3. The van der Waals surface area contributed by atoms with Gasteiger partial charge in [0, 0.05) is 35.3 Å². The molecule has 0 radical (unpaired) electrons. The lowest BCUT2D eigenvalue weighted by molar-refractivity contribution is 0.545. The second kappa shape index (κ2) is 5.67. The van der Waals surface area contributed by atoms with Crippen molar-refractivity contribution >= 4 is 23.2 Å². The Morgan fingerprint density at radius 3 is 2.56 bits per heavy atom. The summed E-state index contributed by atoms with van der Waals surface area (Å²) in [5.74, 6) is 5.57. The van der Waals surface area contributed by atoms with E-state index >= 15 is 0 Å². The number of hydrazine groups is 1. The largest absolute Gasteiger partial charge is 0.271 e. The van der Waals surface area contributed by atoms with Gasteiger partial charge in [0.1, 0.15) is 0 Å². The van der Waals surface area contributed by atoms with Gasteiger partial charge in [-0.3, -0.25) is 16.0 Å². The molecule has 1 aromatic carbocycles. The standard InChI is InChI=1S/C11H13Cl2N5/c1-18-6-7(16-17-18)5-10(15-14)11-8(12)3-2-4-9(11)13/h2-4,6,10,15H,5,14H2,1H3. The zero-order valence-electron chi connectivity index (χ0n) is 9.77.